The van der Waals surface area contributed by atoms with Crippen molar-refractivity contribution in [3.63, 3.8) is 0 Å². The molecule has 0 saturated heterocycles. The minimum absolute atomic E-state index is 0.569. The zero-order valence-corrected chi connectivity index (χ0v) is 6.47. The molecule has 12 heavy (non-hydrogen) atoms. The lowest BCUT2D eigenvalue weighted by atomic mass is 10.4. The molecule has 3 nitrogen and oxygen atoms in total. The number of halogens is 3. The van der Waals surface area contributed by atoms with E-state index in [1.54, 1.807) is 0 Å². The fourth-order valence-electron chi connectivity index (χ4n) is 0.761. The van der Waals surface area contributed by atoms with Gasteiger partial charge in [-0.05, 0) is 6.42 Å². The predicted octanol–water partition coefficient (Wildman–Crippen LogP) is 1.40. The van der Waals surface area contributed by atoms with Crippen molar-refractivity contribution in [2.24, 2.45) is 0 Å². The average Bonchev–Trinajstić information content (AvgIpc) is 2.32. The topological polar surface area (TPSA) is 30.7 Å². The third-order valence-electron chi connectivity index (χ3n) is 1.29. The van der Waals surface area contributed by atoms with Crippen molar-refractivity contribution in [2.75, 3.05) is 0 Å². The van der Waals surface area contributed by atoms with E-state index in [0.29, 0.717) is 12.1 Å². The Morgan fingerprint density at radius 2 is 2.17 bits per heavy atom. The number of rotatable bonds is 2. The molecule has 0 unspecified atom stereocenters. The van der Waals surface area contributed by atoms with Crippen LogP contribution in [0.5, 0.6) is 0 Å². The molecule has 0 radical (unpaired) electrons. The second kappa shape index (κ2) is 3.12. The van der Waals surface area contributed by atoms with E-state index in [1.807, 2.05) is 6.92 Å². The zero-order chi connectivity index (χ0) is 9.19. The van der Waals surface area contributed by atoms with E-state index >= 15 is 0 Å². The number of hydrogen-bond acceptors (Lipinski definition) is 2. The van der Waals surface area contributed by atoms with E-state index in [1.165, 1.54) is 6.20 Å². The second-order valence-corrected chi connectivity index (χ2v) is 2.38. The van der Waals surface area contributed by atoms with Gasteiger partial charge in [0.25, 0.3) is 0 Å². The van der Waals surface area contributed by atoms with Gasteiger partial charge < -0.3 is 0 Å². The van der Waals surface area contributed by atoms with Gasteiger partial charge in [0, 0.05) is 6.20 Å². The van der Waals surface area contributed by atoms with Gasteiger partial charge in [0.05, 0.1) is 5.69 Å². The van der Waals surface area contributed by atoms with Crippen LogP contribution in [0.4, 0.5) is 13.2 Å². The summed E-state index contributed by atoms with van der Waals surface area (Å²) in [6, 6.07) is 0. The molecule has 0 N–H and O–H groups in total. The van der Waals surface area contributed by atoms with Crippen LogP contribution in [0.3, 0.4) is 0 Å². The first kappa shape index (κ1) is 9.02. The first-order valence-corrected chi connectivity index (χ1v) is 3.47. The van der Waals surface area contributed by atoms with Gasteiger partial charge in [-0.25, -0.2) is 4.68 Å². The molecule has 0 aliphatic carbocycles. The van der Waals surface area contributed by atoms with Crippen LogP contribution in [-0.4, -0.2) is 21.2 Å². The van der Waals surface area contributed by atoms with Gasteiger partial charge in [-0.15, -0.1) is 5.10 Å². The summed E-state index contributed by atoms with van der Waals surface area (Å²) in [5, 5.41) is 6.85. The van der Waals surface area contributed by atoms with Gasteiger partial charge in [-0.2, -0.15) is 13.2 Å². The minimum Gasteiger partial charge on any atom is -0.243 e. The van der Waals surface area contributed by atoms with Crippen LogP contribution < -0.4 is 0 Å². The molecule has 1 aromatic rings. The highest BCUT2D eigenvalue weighted by Crippen LogP contribution is 2.16. The highest BCUT2D eigenvalue weighted by molar-refractivity contribution is 4.90. The maximum atomic E-state index is 11.8. The number of alkyl halides is 3. The summed E-state index contributed by atoms with van der Waals surface area (Å²) in [5.74, 6) is 0. The summed E-state index contributed by atoms with van der Waals surface area (Å²) in [6.45, 7) is 0.738. The Hall–Kier alpha value is -1.07. The lowest BCUT2D eigenvalue weighted by molar-refractivity contribution is -0.142. The predicted molar refractivity (Wildman–Crippen MR) is 35.5 cm³/mol. The largest absolute Gasteiger partial charge is 0.408 e. The Morgan fingerprint density at radius 3 is 2.58 bits per heavy atom. The normalized spacial score (nSPS) is 12.0. The van der Waals surface area contributed by atoms with Gasteiger partial charge in [-0.3, -0.25) is 0 Å². The Morgan fingerprint density at radius 1 is 1.50 bits per heavy atom. The highest BCUT2D eigenvalue weighted by Gasteiger charge is 2.28. The van der Waals surface area contributed by atoms with Crippen LogP contribution in [0.15, 0.2) is 6.20 Å². The quantitative estimate of drug-likeness (QED) is 0.687. The maximum absolute atomic E-state index is 11.8. The van der Waals surface area contributed by atoms with Crippen molar-refractivity contribution in [1.82, 2.24) is 15.0 Å². The van der Waals surface area contributed by atoms with Gasteiger partial charge in [0.1, 0.15) is 6.54 Å². The maximum Gasteiger partial charge on any atom is 0.408 e. The number of aromatic nitrogens is 3. The van der Waals surface area contributed by atoms with Crippen molar-refractivity contribution in [3.05, 3.63) is 11.9 Å². The number of aryl methyl sites for hydroxylation is 1. The van der Waals surface area contributed by atoms with Crippen molar-refractivity contribution in [2.45, 2.75) is 26.1 Å². The molecule has 0 fully saturated rings. The Labute approximate surface area is 67.2 Å². The molecule has 0 saturated carbocycles. The van der Waals surface area contributed by atoms with Crippen molar-refractivity contribution in [1.29, 1.82) is 0 Å². The van der Waals surface area contributed by atoms with Crippen LogP contribution in [0.1, 0.15) is 12.6 Å². The van der Waals surface area contributed by atoms with E-state index in [2.05, 4.69) is 10.3 Å². The fraction of sp³-hybridized carbons (Fsp3) is 0.667. The Bertz CT molecular complexity index is 253. The van der Waals surface area contributed by atoms with E-state index < -0.39 is 12.7 Å². The molecule has 0 aromatic carbocycles. The molecule has 0 atom stereocenters. The molecule has 0 amide bonds. The lowest BCUT2D eigenvalue weighted by Gasteiger charge is -2.03. The van der Waals surface area contributed by atoms with E-state index in [9.17, 15) is 13.2 Å². The van der Waals surface area contributed by atoms with Gasteiger partial charge in [-0.1, -0.05) is 12.1 Å². The molecular weight excluding hydrogens is 171 g/mol. The third-order valence-corrected chi connectivity index (χ3v) is 1.29. The average molecular weight is 179 g/mol. The number of hydrogen-bond donors (Lipinski definition) is 0. The zero-order valence-electron chi connectivity index (χ0n) is 6.47. The SMILES string of the molecule is CCc1cn(CC(F)(F)F)nn1. The summed E-state index contributed by atoms with van der Waals surface area (Å²) in [5.41, 5.74) is 0.569. The summed E-state index contributed by atoms with van der Waals surface area (Å²) >= 11 is 0. The van der Waals surface area contributed by atoms with Crippen molar-refractivity contribution < 1.29 is 13.2 Å². The number of nitrogens with zero attached hydrogens (tertiary/aromatic N) is 3. The van der Waals surface area contributed by atoms with Gasteiger partial charge >= 0.3 is 6.18 Å². The third kappa shape index (κ3) is 2.52. The van der Waals surface area contributed by atoms with Crippen molar-refractivity contribution >= 4 is 0 Å². The van der Waals surface area contributed by atoms with Crippen LogP contribution in [0.25, 0.3) is 0 Å². The molecule has 0 aliphatic heterocycles. The molecule has 0 spiro atoms. The molecular formula is C6H8F3N3. The minimum atomic E-state index is -4.22. The monoisotopic (exact) mass is 179 g/mol. The van der Waals surface area contributed by atoms with Gasteiger partial charge in [0.15, 0.2) is 0 Å². The summed E-state index contributed by atoms with van der Waals surface area (Å²) < 4.78 is 36.1. The van der Waals surface area contributed by atoms with Crippen LogP contribution >= 0.6 is 0 Å². The van der Waals surface area contributed by atoms with E-state index in [-0.39, 0.29) is 0 Å². The molecule has 68 valence electrons. The fourth-order valence-corrected chi connectivity index (χ4v) is 0.761. The second-order valence-electron chi connectivity index (χ2n) is 2.38. The van der Waals surface area contributed by atoms with Gasteiger partial charge in [0.2, 0.25) is 0 Å². The Balaban J connectivity index is 2.64. The van der Waals surface area contributed by atoms with Crippen molar-refractivity contribution in [3.8, 4) is 0 Å². The van der Waals surface area contributed by atoms with Crippen LogP contribution in [-0.2, 0) is 13.0 Å². The first-order valence-electron chi connectivity index (χ1n) is 3.47. The molecule has 0 bridgehead atoms. The van der Waals surface area contributed by atoms with E-state index in [4.69, 9.17) is 0 Å². The first-order chi connectivity index (χ1) is 5.51. The van der Waals surface area contributed by atoms with E-state index in [0.717, 1.165) is 4.68 Å². The molecule has 1 heterocycles. The molecule has 1 rings (SSSR count). The molecule has 6 heteroatoms. The standard InChI is InChI=1S/C6H8F3N3/c1-2-5-3-12(11-10-5)4-6(7,8)9/h3H,2,4H2,1H3. The summed E-state index contributed by atoms with van der Waals surface area (Å²) in [6.07, 6.45) is -2.33. The molecule has 0 aliphatic rings. The van der Waals surface area contributed by atoms with Crippen LogP contribution in [0.2, 0.25) is 0 Å². The molecule has 1 aromatic heterocycles. The van der Waals surface area contributed by atoms with Crippen LogP contribution in [0, 0.1) is 0 Å². The summed E-state index contributed by atoms with van der Waals surface area (Å²) in [7, 11) is 0. The highest BCUT2D eigenvalue weighted by atomic mass is 19.4. The Kier molecular flexibility index (Phi) is 2.35. The lowest BCUT2D eigenvalue weighted by Crippen LogP contribution is -2.18. The summed E-state index contributed by atoms with van der Waals surface area (Å²) in [4.78, 5) is 0. The smallest absolute Gasteiger partial charge is 0.243 e.